The second kappa shape index (κ2) is 11.0. The van der Waals surface area contributed by atoms with Gasteiger partial charge in [0.25, 0.3) is 0 Å². The Morgan fingerprint density at radius 1 is 0.556 bits per heavy atom. The zero-order valence-electron chi connectivity index (χ0n) is 16.0. The first-order valence-corrected chi connectivity index (χ1v) is 9.23. The van der Waals surface area contributed by atoms with Crippen molar-refractivity contribution in [2.24, 2.45) is 0 Å². The van der Waals surface area contributed by atoms with Gasteiger partial charge in [0.2, 0.25) is 0 Å². The molecule has 0 spiro atoms. The summed E-state index contributed by atoms with van der Waals surface area (Å²) < 4.78 is 5.99. The molecule has 0 aliphatic carbocycles. The van der Waals surface area contributed by atoms with Gasteiger partial charge in [0.15, 0.2) is 0 Å². The molecule has 0 aliphatic rings. The SMILES string of the molecule is C=CC[NH+](CC=C)c1ccc(Oc2ccc([NH+](CC=C)CC=C)cc2)cc1. The summed E-state index contributed by atoms with van der Waals surface area (Å²) in [4.78, 5) is 2.62. The van der Waals surface area contributed by atoms with Crippen LogP contribution in [0.1, 0.15) is 0 Å². The third-order valence-electron chi connectivity index (χ3n) is 4.32. The van der Waals surface area contributed by atoms with E-state index in [4.69, 9.17) is 4.74 Å². The molecule has 140 valence electrons. The Hall–Kier alpha value is -2.88. The van der Waals surface area contributed by atoms with E-state index in [9.17, 15) is 0 Å². The lowest BCUT2D eigenvalue weighted by atomic mass is 10.2. The summed E-state index contributed by atoms with van der Waals surface area (Å²) in [6, 6.07) is 16.4. The highest BCUT2D eigenvalue weighted by atomic mass is 16.5. The molecule has 0 unspecified atom stereocenters. The fourth-order valence-electron chi connectivity index (χ4n) is 2.99. The molecule has 2 N–H and O–H groups in total. The van der Waals surface area contributed by atoms with Crippen LogP contribution in [-0.2, 0) is 0 Å². The van der Waals surface area contributed by atoms with Gasteiger partial charge < -0.3 is 4.74 Å². The van der Waals surface area contributed by atoms with Gasteiger partial charge in [-0.25, -0.2) is 0 Å². The van der Waals surface area contributed by atoms with Gasteiger partial charge in [-0.3, -0.25) is 9.80 Å². The van der Waals surface area contributed by atoms with Crippen LogP contribution < -0.4 is 14.5 Å². The molecule has 3 heteroatoms. The van der Waals surface area contributed by atoms with E-state index in [1.807, 2.05) is 48.6 Å². The van der Waals surface area contributed by atoms with E-state index >= 15 is 0 Å². The molecule has 0 aliphatic heterocycles. The second-order valence-corrected chi connectivity index (χ2v) is 6.33. The molecule has 0 bridgehead atoms. The van der Waals surface area contributed by atoms with Crippen molar-refractivity contribution in [2.75, 3.05) is 26.2 Å². The fourth-order valence-corrected chi connectivity index (χ4v) is 2.99. The number of quaternary nitrogens is 2. The number of rotatable bonds is 12. The molecule has 0 heterocycles. The lowest BCUT2D eigenvalue weighted by Gasteiger charge is -2.16. The molecule has 0 fully saturated rings. The monoisotopic (exact) mass is 362 g/mol. The van der Waals surface area contributed by atoms with Gasteiger partial charge in [-0.15, -0.1) is 0 Å². The van der Waals surface area contributed by atoms with Crippen LogP contribution in [-0.4, -0.2) is 26.2 Å². The van der Waals surface area contributed by atoms with Crippen molar-refractivity contribution in [1.82, 2.24) is 0 Å². The summed E-state index contributed by atoms with van der Waals surface area (Å²) in [5.41, 5.74) is 2.40. The van der Waals surface area contributed by atoms with Crippen molar-refractivity contribution in [3.8, 4) is 11.5 Å². The number of nitrogens with one attached hydrogen (secondary N) is 2. The standard InChI is InChI=1S/C24H28N2O/c1-5-17-25(18-6-2)21-9-13-23(14-10-21)27-24-15-11-22(12-16-24)26(19-7-3)20-8-4/h5-16H,1-4,17-20H2/p+2. The lowest BCUT2D eigenvalue weighted by Crippen LogP contribution is -3.06. The average Bonchev–Trinajstić information content (AvgIpc) is 2.69. The maximum Gasteiger partial charge on any atom is 0.131 e. The first-order chi connectivity index (χ1) is 13.2. The first-order valence-electron chi connectivity index (χ1n) is 9.23. The minimum absolute atomic E-state index is 0.824. The molecule has 0 saturated carbocycles. The summed E-state index contributed by atoms with van der Waals surface area (Å²) >= 11 is 0. The van der Waals surface area contributed by atoms with E-state index in [0.29, 0.717) is 0 Å². The van der Waals surface area contributed by atoms with Gasteiger partial charge in [-0.05, 0) is 48.6 Å². The number of hydrogen-bond donors (Lipinski definition) is 2. The van der Waals surface area contributed by atoms with Gasteiger partial charge in [0.05, 0.1) is 0 Å². The third kappa shape index (κ3) is 6.10. The average molecular weight is 363 g/mol. The predicted octanol–water partition coefficient (Wildman–Crippen LogP) is 3.26. The van der Waals surface area contributed by atoms with Crippen LogP contribution in [0.5, 0.6) is 11.5 Å². The number of ether oxygens (including phenoxy) is 1. The van der Waals surface area contributed by atoms with E-state index in [2.05, 4.69) is 50.6 Å². The molecular weight excluding hydrogens is 332 g/mol. The maximum atomic E-state index is 5.99. The van der Waals surface area contributed by atoms with E-state index < -0.39 is 0 Å². The van der Waals surface area contributed by atoms with Crippen LogP contribution in [0.2, 0.25) is 0 Å². The summed E-state index contributed by atoms with van der Waals surface area (Å²) in [6.45, 7) is 18.8. The first kappa shape index (κ1) is 20.4. The van der Waals surface area contributed by atoms with Crippen molar-refractivity contribution < 1.29 is 14.5 Å². The van der Waals surface area contributed by atoms with Gasteiger partial charge in [-0.1, -0.05) is 26.3 Å². The summed E-state index contributed by atoms with van der Waals surface area (Å²) in [6.07, 6.45) is 7.70. The second-order valence-electron chi connectivity index (χ2n) is 6.33. The van der Waals surface area contributed by atoms with E-state index in [1.165, 1.54) is 21.2 Å². The minimum atomic E-state index is 0.824. The molecule has 3 nitrogen and oxygen atoms in total. The molecule has 0 atom stereocenters. The van der Waals surface area contributed by atoms with Crippen molar-refractivity contribution in [3.63, 3.8) is 0 Å². The van der Waals surface area contributed by atoms with Gasteiger partial charge in [0.1, 0.15) is 49.1 Å². The van der Waals surface area contributed by atoms with Gasteiger partial charge in [-0.2, -0.15) is 0 Å². The van der Waals surface area contributed by atoms with Crippen molar-refractivity contribution in [1.29, 1.82) is 0 Å². The summed E-state index contributed by atoms with van der Waals surface area (Å²) in [7, 11) is 0. The molecule has 0 saturated heterocycles. The summed E-state index contributed by atoms with van der Waals surface area (Å²) in [5, 5.41) is 0. The number of benzene rings is 2. The zero-order valence-corrected chi connectivity index (χ0v) is 16.0. The molecule has 0 aromatic heterocycles. The highest BCUT2D eigenvalue weighted by Gasteiger charge is 2.10. The van der Waals surface area contributed by atoms with Crippen molar-refractivity contribution in [2.45, 2.75) is 0 Å². The Balaban J connectivity index is 2.06. The Morgan fingerprint density at radius 3 is 1.11 bits per heavy atom. The Bertz CT molecular complexity index is 661. The normalized spacial score (nSPS) is 10.6. The lowest BCUT2D eigenvalue weighted by molar-refractivity contribution is -0.819. The third-order valence-corrected chi connectivity index (χ3v) is 4.32. The fraction of sp³-hybridized carbons (Fsp3) is 0.167. The van der Waals surface area contributed by atoms with Crippen LogP contribution in [0, 0.1) is 0 Å². The molecule has 27 heavy (non-hydrogen) atoms. The molecule has 0 radical (unpaired) electrons. The topological polar surface area (TPSA) is 18.1 Å². The minimum Gasteiger partial charge on any atom is -0.457 e. The zero-order chi connectivity index (χ0) is 19.5. The van der Waals surface area contributed by atoms with Crippen LogP contribution in [0.25, 0.3) is 0 Å². The molecule has 2 aromatic rings. The largest absolute Gasteiger partial charge is 0.457 e. The maximum absolute atomic E-state index is 5.99. The molecule has 2 aromatic carbocycles. The highest BCUT2D eigenvalue weighted by molar-refractivity contribution is 5.41. The van der Waals surface area contributed by atoms with Gasteiger partial charge >= 0.3 is 0 Å². The predicted molar refractivity (Wildman–Crippen MR) is 114 cm³/mol. The highest BCUT2D eigenvalue weighted by Crippen LogP contribution is 2.23. The Kier molecular flexibility index (Phi) is 8.30. The quantitative estimate of drug-likeness (QED) is 0.555. The van der Waals surface area contributed by atoms with Crippen LogP contribution in [0.4, 0.5) is 11.4 Å². The van der Waals surface area contributed by atoms with E-state index in [0.717, 1.165) is 37.7 Å². The number of hydrogen-bond acceptors (Lipinski definition) is 1. The smallest absolute Gasteiger partial charge is 0.131 e. The van der Waals surface area contributed by atoms with Crippen molar-refractivity contribution in [3.05, 3.63) is 99.2 Å². The van der Waals surface area contributed by atoms with Crippen molar-refractivity contribution >= 4 is 11.4 Å². The van der Waals surface area contributed by atoms with E-state index in [-0.39, 0.29) is 0 Å². The Morgan fingerprint density at radius 2 is 0.852 bits per heavy atom. The van der Waals surface area contributed by atoms with E-state index in [1.54, 1.807) is 0 Å². The van der Waals surface area contributed by atoms with Crippen LogP contribution >= 0.6 is 0 Å². The summed E-state index contributed by atoms with van der Waals surface area (Å²) in [5.74, 6) is 1.65. The Labute approximate surface area is 163 Å². The molecular formula is C24H30N2O+2. The molecule has 2 rings (SSSR count). The van der Waals surface area contributed by atoms with Crippen LogP contribution in [0.15, 0.2) is 99.2 Å². The molecule has 0 amide bonds. The van der Waals surface area contributed by atoms with Crippen LogP contribution in [0.3, 0.4) is 0 Å². The van der Waals surface area contributed by atoms with Gasteiger partial charge in [0, 0.05) is 24.3 Å².